The predicted molar refractivity (Wildman–Crippen MR) is 149 cm³/mol. The number of carbonyl (C=O) groups is 2. The van der Waals surface area contributed by atoms with Gasteiger partial charge in [-0.3, -0.25) is 14.4 Å². The molecule has 8 heteroatoms. The molecule has 2 aromatic heterocycles. The first-order chi connectivity index (χ1) is 18.5. The molecule has 2 fully saturated rings. The van der Waals surface area contributed by atoms with Gasteiger partial charge in [-0.25, -0.2) is 0 Å². The Morgan fingerprint density at radius 2 is 1.97 bits per heavy atom. The van der Waals surface area contributed by atoms with Gasteiger partial charge in [-0.2, -0.15) is 0 Å². The van der Waals surface area contributed by atoms with Gasteiger partial charge in [0.1, 0.15) is 0 Å². The van der Waals surface area contributed by atoms with Crippen molar-refractivity contribution in [2.45, 2.75) is 64.1 Å². The van der Waals surface area contributed by atoms with E-state index in [1.54, 1.807) is 17.7 Å². The van der Waals surface area contributed by atoms with E-state index in [4.69, 9.17) is 0 Å². The van der Waals surface area contributed by atoms with Gasteiger partial charge in [-0.05, 0) is 61.4 Å². The second kappa shape index (κ2) is 11.6. The SMILES string of the molecule is CCC(=O)NCCCn1cc(CN(C(=O)C2CNCCC2c2ccn(C)c(=O)c2)C2CC2)c2ccccc21. The van der Waals surface area contributed by atoms with Gasteiger partial charge < -0.3 is 24.7 Å². The Hall–Kier alpha value is -3.39. The Bertz CT molecular complexity index is 1360. The van der Waals surface area contributed by atoms with Crippen molar-refractivity contribution in [3.63, 3.8) is 0 Å². The molecule has 0 spiro atoms. The van der Waals surface area contributed by atoms with E-state index in [2.05, 4.69) is 44.5 Å². The van der Waals surface area contributed by atoms with Crippen molar-refractivity contribution in [1.29, 1.82) is 0 Å². The highest BCUT2D eigenvalue weighted by Gasteiger charge is 2.40. The Morgan fingerprint density at radius 3 is 2.74 bits per heavy atom. The number of benzene rings is 1. The van der Waals surface area contributed by atoms with Crippen molar-refractivity contribution in [2.75, 3.05) is 19.6 Å². The van der Waals surface area contributed by atoms with E-state index in [0.29, 0.717) is 26.1 Å². The van der Waals surface area contributed by atoms with E-state index in [1.165, 1.54) is 5.39 Å². The van der Waals surface area contributed by atoms with Crippen LogP contribution in [-0.2, 0) is 29.7 Å². The molecule has 5 rings (SSSR count). The summed E-state index contributed by atoms with van der Waals surface area (Å²) in [6.07, 6.45) is 8.27. The van der Waals surface area contributed by atoms with Crippen LogP contribution in [0, 0.1) is 5.92 Å². The van der Waals surface area contributed by atoms with Crippen molar-refractivity contribution in [3.05, 3.63) is 70.3 Å². The molecular formula is C30H39N5O3. The van der Waals surface area contributed by atoms with Gasteiger partial charge in [0.25, 0.3) is 5.56 Å². The minimum absolute atomic E-state index is 0.0339. The van der Waals surface area contributed by atoms with Crippen LogP contribution >= 0.6 is 0 Å². The molecule has 1 aromatic carbocycles. The zero-order valence-electron chi connectivity index (χ0n) is 22.5. The van der Waals surface area contributed by atoms with Crippen molar-refractivity contribution in [3.8, 4) is 0 Å². The number of pyridine rings is 1. The summed E-state index contributed by atoms with van der Waals surface area (Å²) in [5.74, 6) is 0.114. The number of aryl methyl sites for hydroxylation is 2. The van der Waals surface area contributed by atoms with Crippen LogP contribution in [0.25, 0.3) is 10.9 Å². The quantitative estimate of drug-likeness (QED) is 0.405. The molecule has 1 aliphatic carbocycles. The summed E-state index contributed by atoms with van der Waals surface area (Å²) in [6.45, 7) is 5.38. The van der Waals surface area contributed by atoms with Gasteiger partial charge in [-0.15, -0.1) is 0 Å². The van der Waals surface area contributed by atoms with Crippen LogP contribution < -0.4 is 16.2 Å². The maximum atomic E-state index is 14.1. The molecule has 3 aromatic rings. The second-order valence-electron chi connectivity index (χ2n) is 10.7. The third kappa shape index (κ3) is 5.70. The number of fused-ring (bicyclic) bond motifs is 1. The molecule has 1 saturated carbocycles. The zero-order valence-corrected chi connectivity index (χ0v) is 22.5. The molecule has 1 saturated heterocycles. The highest BCUT2D eigenvalue weighted by molar-refractivity contribution is 5.85. The van der Waals surface area contributed by atoms with Gasteiger partial charge >= 0.3 is 0 Å². The van der Waals surface area contributed by atoms with Crippen LogP contribution in [0.2, 0.25) is 0 Å². The molecule has 0 radical (unpaired) electrons. The zero-order chi connectivity index (χ0) is 26.6. The lowest BCUT2D eigenvalue weighted by molar-refractivity contribution is -0.138. The average Bonchev–Trinajstić information content (AvgIpc) is 3.73. The molecule has 1 aliphatic heterocycles. The Kier molecular flexibility index (Phi) is 7.98. The predicted octanol–water partition coefficient (Wildman–Crippen LogP) is 3.14. The third-order valence-corrected chi connectivity index (χ3v) is 8.06. The van der Waals surface area contributed by atoms with E-state index < -0.39 is 0 Å². The molecule has 3 heterocycles. The Labute approximate surface area is 224 Å². The molecule has 38 heavy (non-hydrogen) atoms. The summed E-state index contributed by atoms with van der Waals surface area (Å²) >= 11 is 0. The van der Waals surface area contributed by atoms with E-state index in [-0.39, 0.29) is 35.3 Å². The lowest BCUT2D eigenvalue weighted by Crippen LogP contribution is -2.47. The van der Waals surface area contributed by atoms with Gasteiger partial charge in [0.05, 0.1) is 5.92 Å². The molecule has 2 aliphatic rings. The normalized spacial score (nSPS) is 19.4. The topological polar surface area (TPSA) is 88.4 Å². The van der Waals surface area contributed by atoms with Crippen molar-refractivity contribution in [1.82, 2.24) is 24.7 Å². The molecule has 2 N–H and O–H groups in total. The van der Waals surface area contributed by atoms with Crippen LogP contribution in [0.4, 0.5) is 0 Å². The largest absolute Gasteiger partial charge is 0.356 e. The van der Waals surface area contributed by atoms with Gasteiger partial charge in [0, 0.05) is 75.1 Å². The number of nitrogens with one attached hydrogen (secondary N) is 2. The van der Waals surface area contributed by atoms with E-state index in [0.717, 1.165) is 55.4 Å². The van der Waals surface area contributed by atoms with Crippen LogP contribution in [0.1, 0.15) is 56.1 Å². The van der Waals surface area contributed by atoms with E-state index in [1.807, 2.05) is 25.3 Å². The van der Waals surface area contributed by atoms with Crippen LogP contribution in [0.5, 0.6) is 0 Å². The highest BCUT2D eigenvalue weighted by atomic mass is 16.2. The lowest BCUT2D eigenvalue weighted by atomic mass is 9.80. The van der Waals surface area contributed by atoms with Crippen molar-refractivity contribution >= 4 is 22.7 Å². The van der Waals surface area contributed by atoms with Crippen molar-refractivity contribution < 1.29 is 9.59 Å². The number of amides is 2. The fraction of sp³-hybridized carbons (Fsp3) is 0.500. The van der Waals surface area contributed by atoms with Gasteiger partial charge in [0.2, 0.25) is 11.8 Å². The summed E-state index contributed by atoms with van der Waals surface area (Å²) in [4.78, 5) is 40.2. The average molecular weight is 518 g/mol. The number of carbonyl (C=O) groups excluding carboxylic acids is 2. The Balaban J connectivity index is 1.36. The minimum atomic E-state index is -0.188. The van der Waals surface area contributed by atoms with Gasteiger partial charge in [0.15, 0.2) is 0 Å². The first-order valence-corrected chi connectivity index (χ1v) is 14.0. The van der Waals surface area contributed by atoms with E-state index in [9.17, 15) is 14.4 Å². The monoisotopic (exact) mass is 517 g/mol. The fourth-order valence-electron chi connectivity index (χ4n) is 5.72. The Morgan fingerprint density at radius 1 is 1.16 bits per heavy atom. The number of hydrogen-bond donors (Lipinski definition) is 2. The minimum Gasteiger partial charge on any atom is -0.356 e. The first-order valence-electron chi connectivity index (χ1n) is 14.0. The summed E-state index contributed by atoms with van der Waals surface area (Å²) in [7, 11) is 1.75. The molecule has 0 bridgehead atoms. The molecule has 8 nitrogen and oxygen atoms in total. The number of aromatic nitrogens is 2. The molecular weight excluding hydrogens is 478 g/mol. The smallest absolute Gasteiger partial charge is 0.250 e. The first kappa shape index (κ1) is 26.2. The lowest BCUT2D eigenvalue weighted by Gasteiger charge is -2.35. The molecule has 2 unspecified atom stereocenters. The fourth-order valence-corrected chi connectivity index (χ4v) is 5.72. The summed E-state index contributed by atoms with van der Waals surface area (Å²) < 4.78 is 3.83. The highest BCUT2D eigenvalue weighted by Crippen LogP contribution is 2.36. The summed E-state index contributed by atoms with van der Waals surface area (Å²) in [6, 6.07) is 12.3. The standard InChI is InChI=1S/C30H39N5O3/c1-3-28(36)32-13-6-15-34-19-22(25-7-4-5-8-27(25)34)20-35(23-9-10-23)30(38)26-18-31-14-11-24(26)21-12-16-33(2)29(37)17-21/h4-5,7-8,12,16-17,19,23-24,26,31H,3,6,9-11,13-15,18,20H2,1-2H3,(H,32,36). The molecule has 202 valence electrons. The second-order valence-corrected chi connectivity index (χ2v) is 10.7. The van der Waals surface area contributed by atoms with Gasteiger partial charge in [-0.1, -0.05) is 25.1 Å². The number of nitrogens with zero attached hydrogens (tertiary/aromatic N) is 3. The number of piperidine rings is 1. The molecule has 2 atom stereocenters. The number of para-hydroxylation sites is 1. The summed E-state index contributed by atoms with van der Waals surface area (Å²) in [5, 5.41) is 7.56. The maximum absolute atomic E-state index is 14.1. The number of hydrogen-bond acceptors (Lipinski definition) is 4. The van der Waals surface area contributed by atoms with Crippen molar-refractivity contribution in [2.24, 2.45) is 13.0 Å². The van der Waals surface area contributed by atoms with Crippen LogP contribution in [0.3, 0.4) is 0 Å². The summed E-state index contributed by atoms with van der Waals surface area (Å²) in [5.41, 5.74) is 3.25. The van der Waals surface area contributed by atoms with E-state index >= 15 is 0 Å². The molecule has 2 amide bonds. The van der Waals surface area contributed by atoms with Crippen LogP contribution in [0.15, 0.2) is 53.6 Å². The van der Waals surface area contributed by atoms with Crippen LogP contribution in [-0.4, -0.2) is 51.5 Å². The third-order valence-electron chi connectivity index (χ3n) is 8.06. The number of rotatable bonds is 10. The maximum Gasteiger partial charge on any atom is 0.250 e.